The van der Waals surface area contributed by atoms with Gasteiger partial charge in [0, 0.05) is 5.69 Å². The van der Waals surface area contributed by atoms with E-state index in [1.807, 2.05) is 6.07 Å². The lowest BCUT2D eigenvalue weighted by atomic mass is 9.91. The highest BCUT2D eigenvalue weighted by Gasteiger charge is 2.49. The number of rotatable bonds is 6. The van der Waals surface area contributed by atoms with Crippen LogP contribution >= 0.6 is 0 Å². The lowest BCUT2D eigenvalue weighted by Gasteiger charge is -2.22. The Morgan fingerprint density at radius 2 is 1.84 bits per heavy atom. The maximum atomic E-state index is 13.1. The minimum atomic E-state index is -1.36. The fourth-order valence-corrected chi connectivity index (χ4v) is 3.68. The van der Waals surface area contributed by atoms with Crippen LogP contribution in [-0.2, 0) is 15.1 Å². The quantitative estimate of drug-likeness (QED) is 0.417. The van der Waals surface area contributed by atoms with E-state index in [0.29, 0.717) is 22.4 Å². The van der Waals surface area contributed by atoms with E-state index in [9.17, 15) is 19.2 Å². The highest BCUT2D eigenvalue weighted by molar-refractivity contribution is 6.11. The molecule has 160 valence electrons. The summed E-state index contributed by atoms with van der Waals surface area (Å²) in [6.45, 7) is 6.19. The predicted octanol–water partition coefficient (Wildman–Crippen LogP) is 2.33. The highest BCUT2D eigenvalue weighted by atomic mass is 16.5. The molecule has 31 heavy (non-hydrogen) atoms. The van der Waals surface area contributed by atoms with Crippen LogP contribution in [0.5, 0.6) is 0 Å². The van der Waals surface area contributed by atoms with Crippen LogP contribution in [0.3, 0.4) is 0 Å². The molecule has 1 aromatic carbocycles. The number of H-pyrrole nitrogens is 1. The molecule has 2 aromatic rings. The average molecular weight is 422 g/mol. The third-order valence-electron chi connectivity index (χ3n) is 5.36. The van der Waals surface area contributed by atoms with E-state index < -0.39 is 35.8 Å². The smallest absolute Gasteiger partial charge is 0.340 e. The SMILES string of the molecule is CCOC(=O)c1c(C)[nH]c(C(=O)CN2C(=O)N[C@](C)(c3ccc(C#N)cc3)C2=O)c1C. The van der Waals surface area contributed by atoms with E-state index in [2.05, 4.69) is 10.3 Å². The number of esters is 1. The number of carbonyl (C=O) groups excluding carboxylic acids is 4. The molecule has 9 heteroatoms. The number of aromatic amines is 1. The molecule has 1 aromatic heterocycles. The summed E-state index contributed by atoms with van der Waals surface area (Å²) in [5.41, 5.74) is 0.851. The van der Waals surface area contributed by atoms with E-state index in [1.165, 1.54) is 0 Å². The van der Waals surface area contributed by atoms with Crippen molar-refractivity contribution in [3.63, 3.8) is 0 Å². The summed E-state index contributed by atoms with van der Waals surface area (Å²) in [6, 6.07) is 7.58. The normalized spacial score (nSPS) is 18.0. The van der Waals surface area contributed by atoms with Crippen LogP contribution < -0.4 is 5.32 Å². The molecule has 0 radical (unpaired) electrons. The summed E-state index contributed by atoms with van der Waals surface area (Å²) >= 11 is 0. The number of Topliss-reactive ketones (excluding diaryl/α,β-unsaturated/α-hetero) is 1. The first kappa shape index (κ1) is 21.8. The monoisotopic (exact) mass is 422 g/mol. The van der Waals surface area contributed by atoms with Gasteiger partial charge in [-0.05, 0) is 51.0 Å². The lowest BCUT2D eigenvalue weighted by Crippen LogP contribution is -2.41. The van der Waals surface area contributed by atoms with Crippen molar-refractivity contribution in [1.82, 2.24) is 15.2 Å². The van der Waals surface area contributed by atoms with Crippen LogP contribution in [0.25, 0.3) is 0 Å². The fraction of sp³-hybridized carbons (Fsp3) is 0.318. The molecule has 0 bridgehead atoms. The Bertz CT molecular complexity index is 1130. The Kier molecular flexibility index (Phi) is 5.66. The number of amides is 3. The van der Waals surface area contributed by atoms with Gasteiger partial charge in [-0.25, -0.2) is 9.59 Å². The van der Waals surface area contributed by atoms with Crippen molar-refractivity contribution in [3.05, 3.63) is 57.9 Å². The van der Waals surface area contributed by atoms with E-state index in [-0.39, 0.29) is 17.9 Å². The van der Waals surface area contributed by atoms with Gasteiger partial charge in [-0.15, -0.1) is 0 Å². The first-order valence-corrected chi connectivity index (χ1v) is 9.68. The van der Waals surface area contributed by atoms with Gasteiger partial charge in [0.1, 0.15) is 5.54 Å². The van der Waals surface area contributed by atoms with Crippen molar-refractivity contribution in [1.29, 1.82) is 5.26 Å². The maximum absolute atomic E-state index is 13.1. The van der Waals surface area contributed by atoms with Gasteiger partial charge in [0.15, 0.2) is 5.78 Å². The van der Waals surface area contributed by atoms with Gasteiger partial charge in [-0.1, -0.05) is 12.1 Å². The van der Waals surface area contributed by atoms with Crippen molar-refractivity contribution >= 4 is 23.7 Å². The number of nitrogens with one attached hydrogen (secondary N) is 2. The van der Waals surface area contributed by atoms with Crippen molar-refractivity contribution in [3.8, 4) is 6.07 Å². The second-order valence-electron chi connectivity index (χ2n) is 7.40. The molecule has 3 rings (SSSR count). The summed E-state index contributed by atoms with van der Waals surface area (Å²) < 4.78 is 5.02. The van der Waals surface area contributed by atoms with Gasteiger partial charge in [-0.2, -0.15) is 5.26 Å². The van der Waals surface area contributed by atoms with Gasteiger partial charge in [0.05, 0.1) is 36.0 Å². The Hall–Kier alpha value is -3.93. The maximum Gasteiger partial charge on any atom is 0.340 e. The molecule has 2 N–H and O–H groups in total. The number of imide groups is 1. The van der Waals surface area contributed by atoms with Crippen LogP contribution in [0.4, 0.5) is 4.79 Å². The zero-order chi connectivity index (χ0) is 22.9. The molecule has 0 aliphatic carbocycles. The van der Waals surface area contributed by atoms with Crippen LogP contribution in [0.2, 0.25) is 0 Å². The molecule has 1 aliphatic heterocycles. The number of carbonyl (C=O) groups is 4. The number of ether oxygens (including phenoxy) is 1. The fourth-order valence-electron chi connectivity index (χ4n) is 3.68. The largest absolute Gasteiger partial charge is 0.462 e. The van der Waals surface area contributed by atoms with Crippen LogP contribution in [0.1, 0.15) is 57.1 Å². The molecule has 0 saturated carbocycles. The zero-order valence-corrected chi connectivity index (χ0v) is 17.7. The molecule has 1 fully saturated rings. The van der Waals surface area contributed by atoms with Gasteiger partial charge in [0.25, 0.3) is 5.91 Å². The molecular formula is C22H22N4O5. The van der Waals surface area contributed by atoms with Crippen molar-refractivity contribution in [2.45, 2.75) is 33.2 Å². The molecule has 2 heterocycles. The number of aromatic nitrogens is 1. The Morgan fingerprint density at radius 1 is 1.19 bits per heavy atom. The van der Waals surface area contributed by atoms with Gasteiger partial charge in [0.2, 0.25) is 0 Å². The number of hydrogen-bond acceptors (Lipinski definition) is 6. The summed E-state index contributed by atoms with van der Waals surface area (Å²) in [6.07, 6.45) is 0. The van der Waals surface area contributed by atoms with Crippen molar-refractivity contribution in [2.75, 3.05) is 13.2 Å². The van der Waals surface area contributed by atoms with Crippen LogP contribution in [-0.4, -0.2) is 46.7 Å². The molecule has 0 unspecified atom stereocenters. The third kappa shape index (κ3) is 3.68. The first-order chi connectivity index (χ1) is 14.6. The van der Waals surface area contributed by atoms with Gasteiger partial charge in [-0.3, -0.25) is 14.5 Å². The molecular weight excluding hydrogens is 400 g/mol. The molecule has 0 spiro atoms. The van der Waals surface area contributed by atoms with Crippen LogP contribution in [0.15, 0.2) is 24.3 Å². The van der Waals surface area contributed by atoms with Gasteiger partial charge < -0.3 is 15.0 Å². The van der Waals surface area contributed by atoms with Gasteiger partial charge >= 0.3 is 12.0 Å². The Morgan fingerprint density at radius 3 is 2.42 bits per heavy atom. The number of aryl methyl sites for hydroxylation is 1. The standard InChI is InChI=1S/C22H22N4O5/c1-5-31-19(28)17-12(2)18(24-13(17)3)16(27)11-26-20(29)22(4,25-21(26)30)15-8-6-14(10-23)7-9-15/h6-9,24H,5,11H2,1-4H3,(H,25,30)/t22-/m1/s1. The number of benzene rings is 1. The summed E-state index contributed by atoms with van der Waals surface area (Å²) in [5.74, 6) is -1.64. The predicted molar refractivity (Wildman–Crippen MR) is 109 cm³/mol. The second-order valence-corrected chi connectivity index (χ2v) is 7.40. The third-order valence-corrected chi connectivity index (χ3v) is 5.36. The highest BCUT2D eigenvalue weighted by Crippen LogP contribution is 2.29. The number of urea groups is 1. The first-order valence-electron chi connectivity index (χ1n) is 9.68. The zero-order valence-electron chi connectivity index (χ0n) is 17.7. The Balaban J connectivity index is 1.85. The summed E-state index contributed by atoms with van der Waals surface area (Å²) in [4.78, 5) is 54.3. The molecule has 1 saturated heterocycles. The van der Waals surface area contributed by atoms with E-state index in [1.54, 1.807) is 52.0 Å². The lowest BCUT2D eigenvalue weighted by molar-refractivity contribution is -0.130. The van der Waals surface area contributed by atoms with E-state index in [0.717, 1.165) is 4.90 Å². The number of nitrogens with zero attached hydrogens (tertiary/aromatic N) is 2. The number of nitriles is 1. The molecule has 9 nitrogen and oxygen atoms in total. The molecule has 3 amide bonds. The topological polar surface area (TPSA) is 132 Å². The van der Waals surface area contributed by atoms with E-state index >= 15 is 0 Å². The molecule has 1 atom stereocenters. The van der Waals surface area contributed by atoms with E-state index in [4.69, 9.17) is 10.00 Å². The van der Waals surface area contributed by atoms with Crippen LogP contribution in [0, 0.1) is 25.2 Å². The Labute approximate surface area is 179 Å². The number of hydrogen-bond donors (Lipinski definition) is 2. The van der Waals surface area contributed by atoms with Crippen molar-refractivity contribution in [2.24, 2.45) is 0 Å². The second kappa shape index (κ2) is 8.07. The summed E-state index contributed by atoms with van der Waals surface area (Å²) in [7, 11) is 0. The molecule has 1 aliphatic rings. The minimum Gasteiger partial charge on any atom is -0.462 e. The minimum absolute atomic E-state index is 0.146. The van der Waals surface area contributed by atoms with Crippen molar-refractivity contribution < 1.29 is 23.9 Å². The summed E-state index contributed by atoms with van der Waals surface area (Å²) in [5, 5.41) is 11.6. The number of ketones is 1. The average Bonchev–Trinajstić information content (AvgIpc) is 3.16.